The Morgan fingerprint density at radius 2 is 1.76 bits per heavy atom. The molecule has 1 unspecified atom stereocenters. The molecule has 0 saturated carbocycles. The molecule has 0 aliphatic carbocycles. The van der Waals surface area contributed by atoms with E-state index in [1.54, 1.807) is 0 Å². The molecule has 1 aromatic rings. The van der Waals surface area contributed by atoms with Crippen molar-refractivity contribution in [3.63, 3.8) is 0 Å². The molecule has 0 saturated heterocycles. The molecule has 0 fully saturated rings. The second kappa shape index (κ2) is 5.71. The topological polar surface area (TPSA) is 46.3 Å². The summed E-state index contributed by atoms with van der Waals surface area (Å²) in [7, 11) is 1.87. The summed E-state index contributed by atoms with van der Waals surface area (Å²) in [5.41, 5.74) is 7.34. The van der Waals surface area contributed by atoms with E-state index in [4.69, 9.17) is 5.73 Å². The normalized spacial score (nSPS) is 12.5. The van der Waals surface area contributed by atoms with Crippen molar-refractivity contribution in [1.82, 2.24) is 4.90 Å². The van der Waals surface area contributed by atoms with Gasteiger partial charge in [-0.2, -0.15) is 0 Å². The number of likely N-dealkylation sites (N-methyl/N-ethyl adjacent to an activating group) is 1. The van der Waals surface area contributed by atoms with Gasteiger partial charge in [-0.3, -0.25) is 4.79 Å². The van der Waals surface area contributed by atoms with Crippen molar-refractivity contribution < 1.29 is 4.79 Å². The number of benzene rings is 1. The lowest BCUT2D eigenvalue weighted by Crippen LogP contribution is -2.39. The molecule has 1 amide bonds. The van der Waals surface area contributed by atoms with Crippen LogP contribution in [0.4, 0.5) is 5.69 Å². The number of nitrogens with zero attached hydrogens (tertiary/aromatic N) is 1. The first kappa shape index (κ1) is 13.6. The number of amides is 1. The van der Waals surface area contributed by atoms with Gasteiger partial charge in [-0.25, -0.2) is 0 Å². The van der Waals surface area contributed by atoms with Gasteiger partial charge >= 0.3 is 0 Å². The summed E-state index contributed by atoms with van der Waals surface area (Å²) < 4.78 is 0. The molecule has 0 spiro atoms. The number of anilines is 1. The lowest BCUT2D eigenvalue weighted by atomic mass is 10.0. The van der Waals surface area contributed by atoms with E-state index in [2.05, 4.69) is 20.8 Å². The molecule has 2 N–H and O–H groups in total. The average molecular weight is 234 g/mol. The maximum Gasteiger partial charge on any atom is 0.226 e. The molecule has 1 atom stereocenters. The highest BCUT2D eigenvalue weighted by Crippen LogP contribution is 2.11. The fraction of sp³-hybridized carbons (Fsp3) is 0.500. The number of hydrogen-bond acceptors (Lipinski definition) is 2. The van der Waals surface area contributed by atoms with Crippen LogP contribution in [0.3, 0.4) is 0 Å². The van der Waals surface area contributed by atoms with E-state index in [1.807, 2.05) is 36.2 Å². The van der Waals surface area contributed by atoms with Crippen LogP contribution < -0.4 is 5.73 Å². The van der Waals surface area contributed by atoms with E-state index >= 15 is 0 Å². The molecule has 0 bridgehead atoms. The summed E-state index contributed by atoms with van der Waals surface area (Å²) in [6, 6.07) is 7.72. The van der Waals surface area contributed by atoms with E-state index < -0.39 is 0 Å². The van der Waals surface area contributed by atoms with Crippen molar-refractivity contribution >= 4 is 11.6 Å². The first-order chi connectivity index (χ1) is 7.91. The van der Waals surface area contributed by atoms with Crippen molar-refractivity contribution in [1.29, 1.82) is 0 Å². The van der Waals surface area contributed by atoms with Gasteiger partial charge in [0, 0.05) is 18.8 Å². The Kier molecular flexibility index (Phi) is 4.55. The van der Waals surface area contributed by atoms with E-state index in [9.17, 15) is 4.79 Å². The number of hydrogen-bond donors (Lipinski definition) is 1. The Morgan fingerprint density at radius 3 is 2.24 bits per heavy atom. The lowest BCUT2D eigenvalue weighted by Gasteiger charge is -2.28. The zero-order valence-corrected chi connectivity index (χ0v) is 11.1. The zero-order valence-electron chi connectivity index (χ0n) is 11.1. The minimum absolute atomic E-state index is 0.149. The van der Waals surface area contributed by atoms with Crippen LogP contribution in [-0.2, 0) is 11.2 Å². The molecule has 94 valence electrons. The number of carbonyl (C=O) groups excluding carboxylic acids is 1. The van der Waals surface area contributed by atoms with Crippen molar-refractivity contribution in [2.24, 2.45) is 5.92 Å². The van der Waals surface area contributed by atoms with Crippen LogP contribution in [0.15, 0.2) is 24.3 Å². The molecule has 0 aromatic heterocycles. The van der Waals surface area contributed by atoms with Gasteiger partial charge in [0.05, 0.1) is 6.42 Å². The Hall–Kier alpha value is -1.51. The molecule has 1 rings (SSSR count). The van der Waals surface area contributed by atoms with Gasteiger partial charge in [-0.05, 0) is 30.5 Å². The van der Waals surface area contributed by atoms with Crippen molar-refractivity contribution in [3.05, 3.63) is 29.8 Å². The van der Waals surface area contributed by atoms with Gasteiger partial charge in [0.25, 0.3) is 0 Å². The quantitative estimate of drug-likeness (QED) is 0.813. The molecule has 0 heterocycles. The highest BCUT2D eigenvalue weighted by atomic mass is 16.2. The standard InChI is InChI=1S/C14H22N2O/c1-10(2)11(3)16(4)14(17)9-12-5-7-13(15)8-6-12/h5-8,10-11H,9,15H2,1-4H3. The second-order valence-electron chi connectivity index (χ2n) is 4.91. The lowest BCUT2D eigenvalue weighted by molar-refractivity contribution is -0.131. The Bertz CT molecular complexity index is 370. The predicted octanol–water partition coefficient (Wildman–Crippen LogP) is 2.31. The third kappa shape index (κ3) is 3.77. The predicted molar refractivity (Wildman–Crippen MR) is 71.6 cm³/mol. The van der Waals surface area contributed by atoms with Gasteiger partial charge in [-0.15, -0.1) is 0 Å². The SMILES string of the molecule is CC(C)C(C)N(C)C(=O)Cc1ccc(N)cc1. The van der Waals surface area contributed by atoms with Crippen molar-refractivity contribution in [2.45, 2.75) is 33.2 Å². The van der Waals surface area contributed by atoms with E-state index in [1.165, 1.54) is 0 Å². The minimum Gasteiger partial charge on any atom is -0.399 e. The van der Waals surface area contributed by atoms with Gasteiger partial charge in [0.2, 0.25) is 5.91 Å². The molecule has 3 nitrogen and oxygen atoms in total. The maximum atomic E-state index is 12.0. The second-order valence-corrected chi connectivity index (χ2v) is 4.91. The summed E-state index contributed by atoms with van der Waals surface area (Å²) in [4.78, 5) is 13.9. The number of carbonyl (C=O) groups is 1. The van der Waals surface area contributed by atoms with Crippen LogP contribution in [0.25, 0.3) is 0 Å². The van der Waals surface area contributed by atoms with Gasteiger partial charge < -0.3 is 10.6 Å². The third-order valence-electron chi connectivity index (χ3n) is 3.30. The zero-order chi connectivity index (χ0) is 13.0. The monoisotopic (exact) mass is 234 g/mol. The average Bonchev–Trinajstić information content (AvgIpc) is 2.30. The van der Waals surface area contributed by atoms with Gasteiger partial charge in [0.1, 0.15) is 0 Å². The van der Waals surface area contributed by atoms with Crippen LogP contribution in [0.1, 0.15) is 26.3 Å². The molecular weight excluding hydrogens is 212 g/mol. The first-order valence-electron chi connectivity index (χ1n) is 6.02. The minimum atomic E-state index is 0.149. The van der Waals surface area contributed by atoms with Crippen LogP contribution in [-0.4, -0.2) is 23.9 Å². The summed E-state index contributed by atoms with van der Waals surface area (Å²) >= 11 is 0. The van der Waals surface area contributed by atoms with Crippen molar-refractivity contribution in [3.8, 4) is 0 Å². The number of rotatable bonds is 4. The number of nitrogen functional groups attached to an aromatic ring is 1. The summed E-state index contributed by atoms with van der Waals surface area (Å²) in [5.74, 6) is 0.617. The van der Waals surface area contributed by atoms with Crippen molar-refractivity contribution in [2.75, 3.05) is 12.8 Å². The molecule has 0 aliphatic heterocycles. The fourth-order valence-corrected chi connectivity index (χ4v) is 1.61. The van der Waals surface area contributed by atoms with Crippen LogP contribution in [0.5, 0.6) is 0 Å². The van der Waals surface area contributed by atoms with Crippen LogP contribution in [0.2, 0.25) is 0 Å². The van der Waals surface area contributed by atoms with E-state index in [0.717, 1.165) is 11.3 Å². The fourth-order valence-electron chi connectivity index (χ4n) is 1.61. The molecule has 0 radical (unpaired) electrons. The molecule has 0 aliphatic rings. The van der Waals surface area contributed by atoms with E-state index in [0.29, 0.717) is 12.3 Å². The summed E-state index contributed by atoms with van der Waals surface area (Å²) in [5, 5.41) is 0. The third-order valence-corrected chi connectivity index (χ3v) is 3.30. The highest BCUT2D eigenvalue weighted by molar-refractivity contribution is 5.78. The van der Waals surface area contributed by atoms with Gasteiger partial charge in [0.15, 0.2) is 0 Å². The largest absolute Gasteiger partial charge is 0.399 e. The summed E-state index contributed by atoms with van der Waals surface area (Å²) in [6.45, 7) is 6.32. The summed E-state index contributed by atoms with van der Waals surface area (Å²) in [6.07, 6.45) is 0.438. The van der Waals surface area contributed by atoms with Crippen LogP contribution >= 0.6 is 0 Å². The highest BCUT2D eigenvalue weighted by Gasteiger charge is 2.18. The Balaban J connectivity index is 2.63. The Morgan fingerprint density at radius 1 is 1.24 bits per heavy atom. The Labute approximate surface area is 104 Å². The first-order valence-corrected chi connectivity index (χ1v) is 6.02. The molecule has 17 heavy (non-hydrogen) atoms. The molecule has 1 aromatic carbocycles. The van der Waals surface area contributed by atoms with Gasteiger partial charge in [-0.1, -0.05) is 26.0 Å². The smallest absolute Gasteiger partial charge is 0.226 e. The molecular formula is C14H22N2O. The van der Waals surface area contributed by atoms with E-state index in [-0.39, 0.29) is 11.9 Å². The molecule has 3 heteroatoms. The maximum absolute atomic E-state index is 12.0. The number of nitrogens with two attached hydrogens (primary N) is 1. The van der Waals surface area contributed by atoms with Crippen LogP contribution in [0, 0.1) is 5.92 Å².